The van der Waals surface area contributed by atoms with Crippen LogP contribution >= 0.6 is 0 Å². The maximum atomic E-state index is 14.3. The molecule has 3 aromatic rings. The van der Waals surface area contributed by atoms with Gasteiger partial charge in [-0.05, 0) is 40.5 Å². The van der Waals surface area contributed by atoms with E-state index in [2.05, 4.69) is 25.8 Å². The number of aliphatic hydroxyl groups is 1. The van der Waals surface area contributed by atoms with Crippen LogP contribution in [0.5, 0.6) is 0 Å². The van der Waals surface area contributed by atoms with E-state index in [9.17, 15) is 24.3 Å². The molecule has 12 heteroatoms. The zero-order valence-corrected chi connectivity index (χ0v) is 28.8. The standard InChI is InChI=1S/C38H52N6O6/c1-25(45)40-33(38(5,6)7)35(48)43-44(23-27-17-19-28(20-18-27)29-16-12-13-21-39-29)24-31(46)30(22-26-14-10-9-11-15-26)41-34(47)32(37(2,3)4)42-36(49)50-8/h9-21,30-33,46H,22-24H2,1-8H3,(H,40,45)(H,41,47)(H,42,49)(H,43,48)/t30-,31-,32+,33+/m0/s1/i2D3,3D3,4D3. The van der Waals surface area contributed by atoms with Crippen molar-refractivity contribution in [3.8, 4) is 11.3 Å². The number of hydrazine groups is 1. The SMILES string of the molecule is [2H]C([2H])([2H])C([C@H](NC(=O)OC)C(=O)N[C@@H](Cc1ccccc1)[C@@H](O)CN(Cc1ccc(-c2ccccn2)cc1)NC(=O)[C@@H](NC(C)=O)C(C)(C)C)(C([2H])([2H])[2H])C([2H])([2H])[2H]. The number of benzene rings is 2. The Kier molecular flexibility index (Phi) is 9.91. The molecule has 0 radical (unpaired) electrons. The first kappa shape index (κ1) is 27.9. The van der Waals surface area contributed by atoms with E-state index < -0.39 is 86.0 Å². The van der Waals surface area contributed by atoms with Crippen LogP contribution in [0.25, 0.3) is 11.3 Å². The van der Waals surface area contributed by atoms with E-state index >= 15 is 0 Å². The largest absolute Gasteiger partial charge is 0.453 e. The lowest BCUT2D eigenvalue weighted by molar-refractivity contribution is -0.135. The lowest BCUT2D eigenvalue weighted by atomic mass is 9.85. The Hall–Kier alpha value is -4.81. The second kappa shape index (κ2) is 17.7. The minimum atomic E-state index is -3.91. The third-order valence-corrected chi connectivity index (χ3v) is 7.67. The van der Waals surface area contributed by atoms with E-state index in [1.807, 2.05) is 29.6 Å². The smallest absolute Gasteiger partial charge is 0.407 e. The van der Waals surface area contributed by atoms with Crippen LogP contribution in [0, 0.1) is 10.8 Å². The number of hydrogen-bond donors (Lipinski definition) is 5. The molecule has 2 aromatic carbocycles. The molecule has 1 aromatic heterocycles. The summed E-state index contributed by atoms with van der Waals surface area (Å²) in [5, 5.41) is 20.2. The fourth-order valence-electron chi connectivity index (χ4n) is 5.10. The van der Waals surface area contributed by atoms with Gasteiger partial charge < -0.3 is 25.8 Å². The molecule has 0 fully saturated rings. The number of alkyl carbamates (subject to hydrolysis) is 1. The van der Waals surface area contributed by atoms with Crippen molar-refractivity contribution in [1.82, 2.24) is 31.4 Å². The molecule has 12 nitrogen and oxygen atoms in total. The lowest BCUT2D eigenvalue weighted by Crippen LogP contribution is -2.60. The molecule has 50 heavy (non-hydrogen) atoms. The van der Waals surface area contributed by atoms with E-state index in [0.717, 1.165) is 12.7 Å². The minimum Gasteiger partial charge on any atom is -0.453 e. The van der Waals surface area contributed by atoms with E-state index in [-0.39, 0.29) is 13.0 Å². The molecule has 0 aliphatic rings. The number of ether oxygens (including phenoxy) is 1. The summed E-state index contributed by atoms with van der Waals surface area (Å²) in [5.41, 5.74) is 0.793. The summed E-state index contributed by atoms with van der Waals surface area (Å²) in [6.07, 6.45) is -1.69. The van der Waals surface area contributed by atoms with Crippen molar-refractivity contribution in [2.45, 2.75) is 85.4 Å². The fraction of sp³-hybridized carbons (Fsp3) is 0.447. The highest BCUT2D eigenvalue weighted by Gasteiger charge is 2.37. The maximum absolute atomic E-state index is 14.3. The van der Waals surface area contributed by atoms with E-state index in [4.69, 9.17) is 12.3 Å². The summed E-state index contributed by atoms with van der Waals surface area (Å²) >= 11 is 0. The zero-order chi connectivity index (χ0) is 44.6. The van der Waals surface area contributed by atoms with E-state index in [1.54, 1.807) is 75.5 Å². The van der Waals surface area contributed by atoms with Crippen LogP contribution in [0.15, 0.2) is 79.0 Å². The molecule has 0 spiro atoms. The topological polar surface area (TPSA) is 162 Å². The minimum absolute atomic E-state index is 0.0407. The second-order valence-corrected chi connectivity index (χ2v) is 13.0. The van der Waals surface area contributed by atoms with Crippen LogP contribution in [-0.2, 0) is 32.1 Å². The first-order valence-electron chi connectivity index (χ1n) is 20.4. The third kappa shape index (κ3) is 12.3. The highest BCUT2D eigenvalue weighted by atomic mass is 16.5. The molecule has 5 N–H and O–H groups in total. The predicted octanol–water partition coefficient (Wildman–Crippen LogP) is 3.99. The summed E-state index contributed by atoms with van der Waals surface area (Å²) in [7, 11) is 0.846. The van der Waals surface area contributed by atoms with Gasteiger partial charge in [0.1, 0.15) is 12.1 Å². The number of nitrogens with zero attached hydrogens (tertiary/aromatic N) is 2. The summed E-state index contributed by atoms with van der Waals surface area (Å²) in [4.78, 5) is 57.3. The Balaban J connectivity index is 2.13. The van der Waals surface area contributed by atoms with Gasteiger partial charge in [0, 0.05) is 44.1 Å². The van der Waals surface area contributed by atoms with Gasteiger partial charge in [0.15, 0.2) is 0 Å². The van der Waals surface area contributed by atoms with Crippen LogP contribution in [0.4, 0.5) is 4.79 Å². The first-order valence-corrected chi connectivity index (χ1v) is 15.9. The van der Waals surface area contributed by atoms with Gasteiger partial charge in [0.05, 0.1) is 24.9 Å². The third-order valence-electron chi connectivity index (χ3n) is 7.67. The summed E-state index contributed by atoms with van der Waals surface area (Å²) in [5.74, 6) is -2.67. The lowest BCUT2D eigenvalue weighted by Gasteiger charge is -2.36. The Morgan fingerprint density at radius 3 is 2.04 bits per heavy atom. The number of rotatable bonds is 14. The number of aromatic nitrogens is 1. The first-order chi connectivity index (χ1) is 27.2. The van der Waals surface area contributed by atoms with Crippen molar-refractivity contribution in [2.75, 3.05) is 13.7 Å². The highest BCUT2D eigenvalue weighted by molar-refractivity contribution is 5.87. The van der Waals surface area contributed by atoms with Crippen molar-refractivity contribution < 1.29 is 41.4 Å². The quantitative estimate of drug-likeness (QED) is 0.158. The van der Waals surface area contributed by atoms with Crippen molar-refractivity contribution >= 4 is 23.8 Å². The molecule has 270 valence electrons. The second-order valence-electron chi connectivity index (χ2n) is 13.0. The van der Waals surface area contributed by atoms with E-state index in [0.29, 0.717) is 16.8 Å². The van der Waals surface area contributed by atoms with Crippen molar-refractivity contribution in [3.05, 3.63) is 90.1 Å². The molecule has 1 heterocycles. The number of pyridine rings is 1. The molecule has 0 saturated heterocycles. The average Bonchev–Trinajstić information content (AvgIpc) is 3.12. The van der Waals surface area contributed by atoms with Crippen molar-refractivity contribution in [2.24, 2.45) is 10.8 Å². The Bertz CT molecular complexity index is 1840. The monoisotopic (exact) mass is 697 g/mol. The van der Waals surface area contributed by atoms with Gasteiger partial charge in [-0.15, -0.1) is 0 Å². The molecule has 0 saturated carbocycles. The van der Waals surface area contributed by atoms with Crippen LogP contribution in [0.3, 0.4) is 0 Å². The summed E-state index contributed by atoms with van der Waals surface area (Å²) in [6.45, 7) is -5.74. The average molecular weight is 698 g/mol. The highest BCUT2D eigenvalue weighted by Crippen LogP contribution is 2.22. The number of hydrogen-bond acceptors (Lipinski definition) is 8. The van der Waals surface area contributed by atoms with Crippen LogP contribution < -0.4 is 21.4 Å². The van der Waals surface area contributed by atoms with Crippen molar-refractivity contribution in [3.63, 3.8) is 0 Å². The van der Waals surface area contributed by atoms with Gasteiger partial charge in [0.2, 0.25) is 11.8 Å². The normalized spacial score (nSPS) is 17.5. The van der Waals surface area contributed by atoms with Gasteiger partial charge in [-0.1, -0.05) is 102 Å². The summed E-state index contributed by atoms with van der Waals surface area (Å²) < 4.78 is 78.2. The number of methoxy groups -OCH3 is 1. The van der Waals surface area contributed by atoms with Gasteiger partial charge in [0.25, 0.3) is 5.91 Å². The molecule has 0 aliphatic heterocycles. The number of aliphatic hydroxyl groups excluding tert-OH is 1. The van der Waals surface area contributed by atoms with Crippen LogP contribution in [0.1, 0.15) is 71.7 Å². The molecule has 3 rings (SSSR count). The van der Waals surface area contributed by atoms with Gasteiger partial charge >= 0.3 is 6.09 Å². The number of carbonyl (C=O) groups excluding carboxylic acids is 4. The Labute approximate surface area is 308 Å². The molecule has 4 atom stereocenters. The van der Waals surface area contributed by atoms with Gasteiger partial charge in [-0.25, -0.2) is 9.80 Å². The Morgan fingerprint density at radius 2 is 1.48 bits per heavy atom. The molecule has 0 unspecified atom stereocenters. The maximum Gasteiger partial charge on any atom is 0.407 e. The van der Waals surface area contributed by atoms with Gasteiger partial charge in [-0.3, -0.25) is 24.8 Å². The number of nitrogens with one attached hydrogen (secondary N) is 4. The predicted molar refractivity (Wildman–Crippen MR) is 192 cm³/mol. The van der Waals surface area contributed by atoms with Gasteiger partial charge in [-0.2, -0.15) is 0 Å². The van der Waals surface area contributed by atoms with E-state index in [1.165, 1.54) is 11.9 Å². The Morgan fingerprint density at radius 1 is 0.840 bits per heavy atom. The molecule has 4 amide bonds. The number of carbonyl (C=O) groups is 4. The molecule has 0 bridgehead atoms. The van der Waals surface area contributed by atoms with Crippen molar-refractivity contribution in [1.29, 1.82) is 0 Å². The molecule has 0 aliphatic carbocycles. The van der Waals surface area contributed by atoms with Crippen LogP contribution in [0.2, 0.25) is 0 Å². The zero-order valence-electron chi connectivity index (χ0n) is 37.8. The summed E-state index contributed by atoms with van der Waals surface area (Å²) in [6, 6.07) is 15.7. The van der Waals surface area contributed by atoms with Crippen LogP contribution in [-0.4, -0.2) is 76.8 Å². The number of amides is 4. The fourth-order valence-corrected chi connectivity index (χ4v) is 5.10. The molecular weight excluding hydrogens is 636 g/mol. The molecular formula is C38H52N6O6.